The van der Waals surface area contributed by atoms with Gasteiger partial charge in [0.15, 0.2) is 0 Å². The smallest absolute Gasteiger partial charge is 0.319 e. The van der Waals surface area contributed by atoms with E-state index in [9.17, 15) is 9.00 Å². The zero-order valence-corrected chi connectivity index (χ0v) is 14.2. The van der Waals surface area contributed by atoms with Gasteiger partial charge in [0.05, 0.1) is 0 Å². The molecule has 0 spiro atoms. The van der Waals surface area contributed by atoms with E-state index in [1.54, 1.807) is 30.5 Å². The highest BCUT2D eigenvalue weighted by Gasteiger charge is 2.08. The number of amides is 2. The zero-order valence-electron chi connectivity index (χ0n) is 13.4. The van der Waals surface area contributed by atoms with Crippen molar-refractivity contribution in [3.8, 4) is 0 Å². The lowest BCUT2D eigenvalue weighted by Crippen LogP contribution is -2.36. The van der Waals surface area contributed by atoms with Crippen molar-refractivity contribution in [1.82, 2.24) is 5.32 Å². The highest BCUT2D eigenvalue weighted by molar-refractivity contribution is 7.84. The third-order valence-electron chi connectivity index (χ3n) is 3.53. The van der Waals surface area contributed by atoms with Crippen molar-refractivity contribution in [3.05, 3.63) is 60.2 Å². The maximum absolute atomic E-state index is 12.0. The van der Waals surface area contributed by atoms with E-state index in [0.29, 0.717) is 5.69 Å². The Balaban J connectivity index is 1.78. The molecule has 0 saturated heterocycles. The van der Waals surface area contributed by atoms with Gasteiger partial charge < -0.3 is 10.6 Å². The topological polar surface area (TPSA) is 58.2 Å². The van der Waals surface area contributed by atoms with E-state index in [-0.39, 0.29) is 12.1 Å². The van der Waals surface area contributed by atoms with Crippen LogP contribution >= 0.6 is 0 Å². The molecule has 2 unspecified atom stereocenters. The van der Waals surface area contributed by atoms with Gasteiger partial charge in [0.2, 0.25) is 0 Å². The molecule has 0 saturated carbocycles. The first-order valence-corrected chi connectivity index (χ1v) is 9.15. The Morgan fingerprint density at radius 3 is 2.35 bits per heavy atom. The van der Waals surface area contributed by atoms with Crippen LogP contribution in [0, 0.1) is 0 Å². The number of nitrogens with one attached hydrogen (secondary N) is 2. The molecule has 0 aliphatic carbocycles. The number of urea groups is 1. The van der Waals surface area contributed by atoms with Gasteiger partial charge in [-0.05, 0) is 49.6 Å². The lowest BCUT2D eigenvalue weighted by atomic mass is 10.1. The summed E-state index contributed by atoms with van der Waals surface area (Å²) in [6.45, 7) is 1.99. The largest absolute Gasteiger partial charge is 0.335 e. The molecular weight excluding hydrogens is 308 g/mol. The molecule has 2 N–H and O–H groups in total. The van der Waals surface area contributed by atoms with E-state index < -0.39 is 10.8 Å². The third kappa shape index (κ3) is 5.87. The van der Waals surface area contributed by atoms with E-state index in [4.69, 9.17) is 0 Å². The van der Waals surface area contributed by atoms with Crippen molar-refractivity contribution in [2.75, 3.05) is 11.6 Å². The van der Waals surface area contributed by atoms with Crippen LogP contribution in [0.1, 0.15) is 18.9 Å². The number of hydrogen-bond donors (Lipinski definition) is 2. The van der Waals surface area contributed by atoms with Crippen LogP contribution in [0.5, 0.6) is 0 Å². The Kier molecular flexibility index (Phi) is 6.35. The molecule has 5 heteroatoms. The summed E-state index contributed by atoms with van der Waals surface area (Å²) in [6, 6.07) is 17.1. The maximum atomic E-state index is 12.0. The van der Waals surface area contributed by atoms with E-state index in [1.807, 2.05) is 25.1 Å². The first-order chi connectivity index (χ1) is 11.0. The maximum Gasteiger partial charge on any atom is 0.319 e. The zero-order chi connectivity index (χ0) is 16.7. The summed E-state index contributed by atoms with van der Waals surface area (Å²) in [4.78, 5) is 12.7. The Bertz CT molecular complexity index is 656. The molecule has 0 radical (unpaired) electrons. The summed E-state index contributed by atoms with van der Waals surface area (Å²) >= 11 is 0. The minimum absolute atomic E-state index is 0.0811. The first-order valence-electron chi connectivity index (χ1n) is 7.59. The second-order valence-electron chi connectivity index (χ2n) is 5.50. The van der Waals surface area contributed by atoms with Crippen molar-refractivity contribution in [3.63, 3.8) is 0 Å². The Labute approximate surface area is 139 Å². The molecular formula is C18H22N2O2S. The second kappa shape index (κ2) is 8.48. The van der Waals surface area contributed by atoms with Gasteiger partial charge >= 0.3 is 6.03 Å². The molecule has 0 aromatic heterocycles. The Morgan fingerprint density at radius 1 is 1.09 bits per heavy atom. The molecule has 2 rings (SSSR count). The fourth-order valence-corrected chi connectivity index (χ4v) is 2.74. The SMILES string of the molecule is CC(CCc1ccccc1)NC(=O)Nc1ccc(S(C)=O)cc1. The summed E-state index contributed by atoms with van der Waals surface area (Å²) < 4.78 is 11.3. The van der Waals surface area contributed by atoms with E-state index >= 15 is 0 Å². The molecule has 0 fully saturated rings. The first kappa shape index (κ1) is 17.2. The molecule has 2 aromatic carbocycles. The van der Waals surface area contributed by atoms with Crippen LogP contribution in [0.3, 0.4) is 0 Å². The number of hydrogen-bond acceptors (Lipinski definition) is 2. The predicted octanol–water partition coefficient (Wildman–Crippen LogP) is 3.57. The number of aryl methyl sites for hydroxylation is 1. The van der Waals surface area contributed by atoms with Crippen LogP contribution < -0.4 is 10.6 Å². The van der Waals surface area contributed by atoms with E-state index in [1.165, 1.54) is 5.56 Å². The monoisotopic (exact) mass is 330 g/mol. The highest BCUT2D eigenvalue weighted by atomic mass is 32.2. The van der Waals surface area contributed by atoms with Crippen LogP contribution in [0.4, 0.5) is 10.5 Å². The number of anilines is 1. The van der Waals surface area contributed by atoms with Gasteiger partial charge in [0.25, 0.3) is 0 Å². The minimum Gasteiger partial charge on any atom is -0.335 e. The molecule has 2 atom stereocenters. The van der Waals surface area contributed by atoms with E-state index in [0.717, 1.165) is 17.7 Å². The predicted molar refractivity (Wildman–Crippen MR) is 95.2 cm³/mol. The van der Waals surface area contributed by atoms with Crippen molar-refractivity contribution in [2.45, 2.75) is 30.7 Å². The average molecular weight is 330 g/mol. The van der Waals surface area contributed by atoms with Gasteiger partial charge in [-0.3, -0.25) is 4.21 Å². The van der Waals surface area contributed by atoms with Gasteiger partial charge in [-0.15, -0.1) is 0 Å². The summed E-state index contributed by atoms with van der Waals surface area (Å²) in [6.07, 6.45) is 3.44. The van der Waals surface area contributed by atoms with Crippen molar-refractivity contribution >= 4 is 22.5 Å². The van der Waals surface area contributed by atoms with Gasteiger partial charge in [0, 0.05) is 33.7 Å². The van der Waals surface area contributed by atoms with Gasteiger partial charge in [0.1, 0.15) is 0 Å². The lowest BCUT2D eigenvalue weighted by Gasteiger charge is -2.15. The van der Waals surface area contributed by atoms with Crippen LogP contribution in [0.15, 0.2) is 59.5 Å². The lowest BCUT2D eigenvalue weighted by molar-refractivity contribution is 0.248. The molecule has 0 aliphatic rings. The minimum atomic E-state index is -1.01. The third-order valence-corrected chi connectivity index (χ3v) is 4.47. The van der Waals surface area contributed by atoms with Crippen LogP contribution in [-0.4, -0.2) is 22.5 Å². The second-order valence-corrected chi connectivity index (χ2v) is 6.88. The van der Waals surface area contributed by atoms with Gasteiger partial charge in [-0.1, -0.05) is 30.3 Å². The normalized spacial score (nSPS) is 13.1. The van der Waals surface area contributed by atoms with Gasteiger partial charge in [-0.25, -0.2) is 4.79 Å². The van der Waals surface area contributed by atoms with Crippen LogP contribution in [0.2, 0.25) is 0 Å². The fourth-order valence-electron chi connectivity index (χ4n) is 2.22. The number of carbonyl (C=O) groups excluding carboxylic acids is 1. The highest BCUT2D eigenvalue weighted by Crippen LogP contribution is 2.12. The fraction of sp³-hybridized carbons (Fsp3) is 0.278. The summed E-state index contributed by atoms with van der Waals surface area (Å²) in [5.41, 5.74) is 1.96. The molecule has 2 amide bonds. The quantitative estimate of drug-likeness (QED) is 0.851. The van der Waals surface area contributed by atoms with Crippen molar-refractivity contribution < 1.29 is 9.00 Å². The van der Waals surface area contributed by atoms with Crippen LogP contribution in [0.25, 0.3) is 0 Å². The summed E-state index contributed by atoms with van der Waals surface area (Å²) in [5.74, 6) is 0. The molecule has 2 aromatic rings. The van der Waals surface area contributed by atoms with Crippen LogP contribution in [-0.2, 0) is 17.2 Å². The number of carbonyl (C=O) groups is 1. The number of benzene rings is 2. The Morgan fingerprint density at radius 2 is 1.74 bits per heavy atom. The Hall–Kier alpha value is -2.14. The molecule has 23 heavy (non-hydrogen) atoms. The summed E-state index contributed by atoms with van der Waals surface area (Å²) in [7, 11) is -1.01. The standard InChI is InChI=1S/C18H22N2O2S/c1-14(8-9-15-6-4-3-5-7-15)19-18(21)20-16-10-12-17(13-11-16)23(2)22/h3-7,10-14H,8-9H2,1-2H3,(H2,19,20,21). The number of rotatable bonds is 6. The van der Waals surface area contributed by atoms with Crippen molar-refractivity contribution in [2.24, 2.45) is 0 Å². The average Bonchev–Trinajstić information content (AvgIpc) is 2.54. The molecule has 122 valence electrons. The molecule has 4 nitrogen and oxygen atoms in total. The molecule has 0 bridgehead atoms. The van der Waals surface area contributed by atoms with E-state index in [2.05, 4.69) is 22.8 Å². The molecule has 0 aliphatic heterocycles. The van der Waals surface area contributed by atoms with Crippen molar-refractivity contribution in [1.29, 1.82) is 0 Å². The summed E-state index contributed by atoms with van der Waals surface area (Å²) in [5, 5.41) is 5.71. The van der Waals surface area contributed by atoms with Gasteiger partial charge in [-0.2, -0.15) is 0 Å². The molecule has 0 heterocycles.